The van der Waals surface area contributed by atoms with Crippen LogP contribution in [0.1, 0.15) is 19.5 Å². The van der Waals surface area contributed by atoms with Crippen molar-refractivity contribution < 1.29 is 13.9 Å². The molecular formula is C10H12FNO2. The fraction of sp³-hybridized carbons (Fsp3) is 0.400. The van der Waals surface area contributed by atoms with Crippen LogP contribution in [0.15, 0.2) is 18.3 Å². The summed E-state index contributed by atoms with van der Waals surface area (Å²) in [6.45, 7) is 3.15. The van der Waals surface area contributed by atoms with E-state index in [1.807, 2.05) is 0 Å². The lowest BCUT2D eigenvalue weighted by atomic mass is 9.88. The number of hydrogen-bond donors (Lipinski definition) is 0. The van der Waals surface area contributed by atoms with Crippen molar-refractivity contribution in [1.29, 1.82) is 0 Å². The van der Waals surface area contributed by atoms with E-state index in [1.54, 1.807) is 13.8 Å². The van der Waals surface area contributed by atoms with Crippen LogP contribution in [-0.4, -0.2) is 18.1 Å². The first-order valence-corrected chi connectivity index (χ1v) is 4.19. The zero-order valence-electron chi connectivity index (χ0n) is 8.37. The van der Waals surface area contributed by atoms with Crippen LogP contribution in [0.3, 0.4) is 0 Å². The number of aromatic nitrogens is 1. The molecule has 0 amide bonds. The highest BCUT2D eigenvalue weighted by Gasteiger charge is 2.34. The number of rotatable bonds is 2. The van der Waals surface area contributed by atoms with Crippen molar-refractivity contribution in [3.05, 3.63) is 29.8 Å². The van der Waals surface area contributed by atoms with E-state index in [-0.39, 0.29) is 5.69 Å². The van der Waals surface area contributed by atoms with Crippen LogP contribution in [0.5, 0.6) is 0 Å². The molecule has 76 valence electrons. The van der Waals surface area contributed by atoms with Crippen LogP contribution < -0.4 is 0 Å². The zero-order valence-corrected chi connectivity index (χ0v) is 8.37. The third-order valence-corrected chi connectivity index (χ3v) is 2.05. The molecule has 0 atom stereocenters. The first-order chi connectivity index (χ1) is 6.50. The average molecular weight is 197 g/mol. The van der Waals surface area contributed by atoms with Gasteiger partial charge in [-0.1, -0.05) is 0 Å². The van der Waals surface area contributed by atoms with E-state index in [2.05, 4.69) is 9.72 Å². The van der Waals surface area contributed by atoms with Crippen molar-refractivity contribution in [1.82, 2.24) is 4.98 Å². The maximum atomic E-state index is 13.3. The number of methoxy groups -OCH3 is 1. The second-order valence-electron chi connectivity index (χ2n) is 3.45. The van der Waals surface area contributed by atoms with Crippen molar-refractivity contribution in [3.63, 3.8) is 0 Å². The minimum atomic E-state index is -1.06. The first-order valence-electron chi connectivity index (χ1n) is 4.19. The molecule has 0 aromatic carbocycles. The Bertz CT molecular complexity index is 350. The number of esters is 1. The van der Waals surface area contributed by atoms with E-state index in [4.69, 9.17) is 0 Å². The number of ether oxygens (including phenoxy) is 1. The number of halogens is 1. The van der Waals surface area contributed by atoms with Gasteiger partial charge in [0.15, 0.2) is 0 Å². The zero-order chi connectivity index (χ0) is 10.8. The number of pyridine rings is 1. The summed E-state index contributed by atoms with van der Waals surface area (Å²) < 4.78 is 17.9. The van der Waals surface area contributed by atoms with Gasteiger partial charge < -0.3 is 4.74 Å². The summed E-state index contributed by atoms with van der Waals surface area (Å²) in [6.07, 6.45) is 1.45. The Morgan fingerprint density at radius 2 is 2.21 bits per heavy atom. The van der Waals surface area contributed by atoms with Crippen molar-refractivity contribution in [2.45, 2.75) is 19.3 Å². The van der Waals surface area contributed by atoms with Gasteiger partial charge in [-0.2, -0.15) is 0 Å². The molecule has 0 aliphatic rings. The van der Waals surface area contributed by atoms with E-state index in [9.17, 15) is 9.18 Å². The summed E-state index contributed by atoms with van der Waals surface area (Å²) in [6, 6.07) is 2.75. The lowest BCUT2D eigenvalue weighted by molar-refractivity contribution is -0.146. The molecule has 1 rings (SSSR count). The van der Waals surface area contributed by atoms with Gasteiger partial charge in [0, 0.05) is 6.20 Å². The van der Waals surface area contributed by atoms with Gasteiger partial charge >= 0.3 is 5.97 Å². The van der Waals surface area contributed by atoms with Gasteiger partial charge in [0.05, 0.1) is 12.8 Å². The maximum Gasteiger partial charge on any atom is 0.317 e. The van der Waals surface area contributed by atoms with Gasteiger partial charge in [-0.05, 0) is 26.0 Å². The predicted molar refractivity (Wildman–Crippen MR) is 49.2 cm³/mol. The molecule has 3 nitrogen and oxygen atoms in total. The molecule has 4 heteroatoms. The Hall–Kier alpha value is -1.45. The second-order valence-corrected chi connectivity index (χ2v) is 3.45. The molecule has 14 heavy (non-hydrogen) atoms. The number of nitrogens with zero attached hydrogens (tertiary/aromatic N) is 1. The van der Waals surface area contributed by atoms with Crippen LogP contribution in [0.4, 0.5) is 4.39 Å². The maximum absolute atomic E-state index is 13.3. The monoisotopic (exact) mass is 197 g/mol. The highest BCUT2D eigenvalue weighted by atomic mass is 19.1. The standard InChI is InChI=1S/C10H12FNO2/c1-10(2,9(13)14-3)8-7(11)5-4-6-12-8/h4-6H,1-3H3. The van der Waals surface area contributed by atoms with Crippen molar-refractivity contribution in [2.75, 3.05) is 7.11 Å². The SMILES string of the molecule is COC(=O)C(C)(C)c1ncccc1F. The van der Waals surface area contributed by atoms with E-state index in [0.29, 0.717) is 0 Å². The fourth-order valence-corrected chi connectivity index (χ4v) is 1.20. The number of carbonyl (C=O) groups excluding carboxylic acids is 1. The van der Waals surface area contributed by atoms with E-state index in [0.717, 1.165) is 0 Å². The Morgan fingerprint density at radius 3 is 2.71 bits per heavy atom. The fourth-order valence-electron chi connectivity index (χ4n) is 1.20. The topological polar surface area (TPSA) is 39.2 Å². The molecule has 1 aromatic heterocycles. The first kappa shape index (κ1) is 10.6. The van der Waals surface area contributed by atoms with Gasteiger partial charge in [0.1, 0.15) is 11.2 Å². The molecule has 0 aliphatic heterocycles. The third-order valence-electron chi connectivity index (χ3n) is 2.05. The Labute approximate surface area is 81.9 Å². The summed E-state index contributed by atoms with van der Waals surface area (Å²) in [5, 5.41) is 0. The van der Waals surface area contributed by atoms with Gasteiger partial charge in [-0.25, -0.2) is 4.39 Å². The van der Waals surface area contributed by atoms with E-state index in [1.165, 1.54) is 25.4 Å². The lowest BCUT2D eigenvalue weighted by Gasteiger charge is -2.20. The quantitative estimate of drug-likeness (QED) is 0.677. The van der Waals surface area contributed by atoms with Gasteiger partial charge in [0.2, 0.25) is 0 Å². The summed E-state index contributed by atoms with van der Waals surface area (Å²) >= 11 is 0. The highest BCUT2D eigenvalue weighted by molar-refractivity contribution is 5.81. The molecule has 1 aromatic rings. The molecular weight excluding hydrogens is 185 g/mol. The van der Waals surface area contributed by atoms with Crippen LogP contribution in [0.2, 0.25) is 0 Å². The third kappa shape index (κ3) is 1.73. The largest absolute Gasteiger partial charge is 0.468 e. The van der Waals surface area contributed by atoms with Gasteiger partial charge in [-0.3, -0.25) is 9.78 Å². The van der Waals surface area contributed by atoms with Crippen LogP contribution >= 0.6 is 0 Å². The van der Waals surface area contributed by atoms with Crippen LogP contribution in [-0.2, 0) is 14.9 Å². The average Bonchev–Trinajstić information content (AvgIpc) is 2.17. The number of hydrogen-bond acceptors (Lipinski definition) is 3. The van der Waals surface area contributed by atoms with Crippen molar-refractivity contribution in [3.8, 4) is 0 Å². The van der Waals surface area contributed by atoms with Gasteiger partial charge in [0.25, 0.3) is 0 Å². The summed E-state index contributed by atoms with van der Waals surface area (Å²) in [5.41, 5.74) is -0.952. The molecule has 0 aliphatic carbocycles. The minimum absolute atomic E-state index is 0.104. The molecule has 0 radical (unpaired) electrons. The normalized spacial score (nSPS) is 11.1. The number of carbonyl (C=O) groups is 1. The molecule has 1 heterocycles. The molecule has 0 saturated carbocycles. The summed E-state index contributed by atoms with van der Waals surface area (Å²) in [7, 11) is 1.27. The summed E-state index contributed by atoms with van der Waals surface area (Å²) in [4.78, 5) is 15.2. The highest BCUT2D eigenvalue weighted by Crippen LogP contribution is 2.24. The lowest BCUT2D eigenvalue weighted by Crippen LogP contribution is -2.32. The van der Waals surface area contributed by atoms with E-state index < -0.39 is 17.2 Å². The molecule has 0 unspecified atom stereocenters. The second kappa shape index (κ2) is 3.74. The Kier molecular flexibility index (Phi) is 2.84. The predicted octanol–water partition coefficient (Wildman–Crippen LogP) is 1.67. The van der Waals surface area contributed by atoms with Crippen LogP contribution in [0.25, 0.3) is 0 Å². The smallest absolute Gasteiger partial charge is 0.317 e. The molecule has 0 spiro atoms. The molecule has 0 fully saturated rings. The minimum Gasteiger partial charge on any atom is -0.468 e. The molecule has 0 saturated heterocycles. The van der Waals surface area contributed by atoms with Crippen LogP contribution in [0, 0.1) is 5.82 Å². The summed E-state index contributed by atoms with van der Waals surface area (Å²) in [5.74, 6) is -1.00. The van der Waals surface area contributed by atoms with Crippen molar-refractivity contribution >= 4 is 5.97 Å². The Morgan fingerprint density at radius 1 is 1.57 bits per heavy atom. The van der Waals surface area contributed by atoms with E-state index >= 15 is 0 Å². The van der Waals surface area contributed by atoms with Gasteiger partial charge in [-0.15, -0.1) is 0 Å². The Balaban J connectivity index is 3.16. The molecule has 0 N–H and O–H groups in total. The molecule has 0 bridgehead atoms. The van der Waals surface area contributed by atoms with Crippen molar-refractivity contribution in [2.24, 2.45) is 0 Å².